The molecule has 25 heteroatoms. The van der Waals surface area contributed by atoms with Gasteiger partial charge >= 0.3 is 17.9 Å². The molecule has 3 saturated heterocycles. The molecule has 60 heavy (non-hydrogen) atoms. The van der Waals surface area contributed by atoms with Crippen LogP contribution in [-0.2, 0) is 37.6 Å². The Morgan fingerprint density at radius 3 is 1.78 bits per heavy atom. The van der Waals surface area contributed by atoms with Crippen molar-refractivity contribution in [1.82, 2.24) is 43.8 Å². The summed E-state index contributed by atoms with van der Waals surface area (Å²) < 4.78 is 106. The van der Waals surface area contributed by atoms with Gasteiger partial charge in [0, 0.05) is 24.3 Å². The minimum atomic E-state index is -4.84. The van der Waals surface area contributed by atoms with Crippen LogP contribution in [0.2, 0.25) is 0 Å². The second-order valence-electron chi connectivity index (χ2n) is 13.8. The predicted molar refractivity (Wildman–Crippen MR) is 203 cm³/mol. The highest BCUT2D eigenvalue weighted by Gasteiger charge is 2.53. The summed E-state index contributed by atoms with van der Waals surface area (Å²) in [6.45, 7) is -0.366. The molecule has 1 unspecified atom stereocenters. The highest BCUT2D eigenvalue weighted by atomic mass is 32.2. The summed E-state index contributed by atoms with van der Waals surface area (Å²) in [5.74, 6) is -0.950. The molecule has 0 spiro atoms. The zero-order valence-electron chi connectivity index (χ0n) is 30.9. The van der Waals surface area contributed by atoms with E-state index in [-0.39, 0.29) is 34.0 Å². The summed E-state index contributed by atoms with van der Waals surface area (Å²) in [5.41, 5.74) is 0.890. The highest BCUT2D eigenvalue weighted by Crippen LogP contribution is 2.51. The number of anilines is 2. The smallest absolute Gasteiger partial charge is 0.336 e. The van der Waals surface area contributed by atoms with Crippen molar-refractivity contribution in [3.8, 4) is 0 Å². The Kier molecular flexibility index (Phi) is 10.4. The molecule has 2 amide bonds. The van der Waals surface area contributed by atoms with Gasteiger partial charge in [-0.2, -0.15) is 13.1 Å². The van der Waals surface area contributed by atoms with E-state index in [1.165, 1.54) is 10.9 Å². The van der Waals surface area contributed by atoms with E-state index in [2.05, 4.69) is 45.3 Å². The van der Waals surface area contributed by atoms with Crippen LogP contribution in [0.1, 0.15) is 33.2 Å². The second-order valence-corrected chi connectivity index (χ2v) is 17.2. The number of nitrogens with one attached hydrogen (secondary N) is 3. The lowest BCUT2D eigenvalue weighted by atomic mass is 10.1. The van der Waals surface area contributed by atoms with Gasteiger partial charge in [0.2, 0.25) is 0 Å². The number of rotatable bonds is 6. The van der Waals surface area contributed by atoms with Gasteiger partial charge in [-0.15, -0.1) is 0 Å². The molecule has 3 N–H and O–H groups in total. The molecule has 0 radical (unpaired) electrons. The zero-order valence-corrected chi connectivity index (χ0v) is 32.6. The van der Waals surface area contributed by atoms with Crippen molar-refractivity contribution in [2.75, 3.05) is 30.5 Å². The Balaban J connectivity index is 0.939. The quantitative estimate of drug-likeness (QED) is 0.203. The molecule has 9 atom stereocenters. The van der Waals surface area contributed by atoms with E-state index in [9.17, 15) is 22.6 Å². The molecular formula is C35H32F2N11O10PS. The molecule has 3 aliphatic rings. The number of aromatic nitrogens is 8. The number of carbonyl (C=O) groups excluding carboxylic acids is 2. The summed E-state index contributed by atoms with van der Waals surface area (Å²) in [6.07, 6.45) is -9.48. The van der Waals surface area contributed by atoms with Gasteiger partial charge in [0.25, 0.3) is 11.8 Å². The molecule has 0 saturated carbocycles. The first-order valence-electron chi connectivity index (χ1n) is 18.1. The van der Waals surface area contributed by atoms with Crippen LogP contribution in [0.5, 0.6) is 0 Å². The van der Waals surface area contributed by atoms with Gasteiger partial charge in [0.1, 0.15) is 37.1 Å². The van der Waals surface area contributed by atoms with Crippen LogP contribution >= 0.6 is 7.60 Å². The van der Waals surface area contributed by atoms with Crippen LogP contribution in [0.4, 0.5) is 20.4 Å². The van der Waals surface area contributed by atoms with Crippen LogP contribution in [-0.4, -0.2) is 116 Å². The Labute approximate surface area is 337 Å². The number of benzene rings is 2. The monoisotopic (exact) mass is 867 g/mol. The third-order valence-corrected chi connectivity index (χ3v) is 12.1. The normalized spacial score (nSPS) is 29.2. The number of hydrogen-bond acceptors (Lipinski definition) is 16. The molecule has 9 rings (SSSR count). The van der Waals surface area contributed by atoms with Crippen molar-refractivity contribution in [3.63, 3.8) is 0 Å². The second kappa shape index (κ2) is 15.7. The lowest BCUT2D eigenvalue weighted by Gasteiger charge is -2.27. The maximum Gasteiger partial charge on any atom is 0.336 e. The topological polar surface area (TPSA) is 255 Å². The number of ether oxygens (including phenoxy) is 2. The van der Waals surface area contributed by atoms with Crippen molar-refractivity contribution < 1.29 is 54.1 Å². The van der Waals surface area contributed by atoms with E-state index >= 15 is 8.78 Å². The number of nitrogens with zero attached hydrogens (tertiary/aromatic N) is 8. The van der Waals surface area contributed by atoms with Crippen LogP contribution in [0.3, 0.4) is 0 Å². The van der Waals surface area contributed by atoms with Gasteiger partial charge < -0.3 is 24.6 Å². The standard InChI is InChI=1S/C35H32F2N11O10PS/c1-59(51)54-13-21-27(23(37)35(56-21)48-17-43-25-29(39-15-41-31(25)48)46-33(50)19-10-6-3-7-11-19)58-60(52,53)44-12-20-26(57-59)22(36)34(55-20)47-16-42-24-28(38-14-40-30(24)47)45-32(49)18-8-4-2-5-9-18/h2-11,14-17,20-23,26-27,34-35,44H,12-13H2,1H3,(H,38,40,45,49)(H,39,41,46,50)/t20-,21-,22-,23-,26-,27-,34-,35-,59?/m1/s1. The van der Waals surface area contributed by atoms with Crippen molar-refractivity contribution in [1.29, 1.82) is 0 Å². The SMILES string of the molecule is CP1(=O)OC[C@H]2O[C@@H](n3cnc4c(NC(=O)c5ccccc5)ncnc43)[C@H](F)[C@@H]2OS(=O)(=O)NC[C@H]2O[C@@H](n3cnc4c(NC(=O)c5ccccc5)ncnc43)[C@H](F)[C@@H]2O1. The molecule has 7 heterocycles. The molecule has 4 aromatic heterocycles. The Hall–Kier alpha value is -5.72. The lowest BCUT2D eigenvalue weighted by molar-refractivity contribution is -0.0445. The number of carbonyl (C=O) groups is 2. The third kappa shape index (κ3) is 7.62. The van der Waals surface area contributed by atoms with Gasteiger partial charge in [0.15, 0.2) is 58.8 Å². The number of hydrogen-bond donors (Lipinski definition) is 3. The number of halogens is 2. The molecule has 312 valence electrons. The maximum absolute atomic E-state index is 16.5. The van der Waals surface area contributed by atoms with Gasteiger partial charge in [-0.05, 0) is 24.3 Å². The van der Waals surface area contributed by atoms with Crippen LogP contribution < -0.4 is 15.4 Å². The first kappa shape index (κ1) is 39.7. The fourth-order valence-corrected chi connectivity index (χ4v) is 9.13. The Morgan fingerprint density at radius 1 is 0.750 bits per heavy atom. The molecular weight excluding hydrogens is 835 g/mol. The van der Waals surface area contributed by atoms with Crippen molar-refractivity contribution in [3.05, 3.63) is 97.1 Å². The van der Waals surface area contributed by atoms with Gasteiger partial charge in [-0.1, -0.05) is 36.4 Å². The van der Waals surface area contributed by atoms with Gasteiger partial charge in [-0.25, -0.2) is 42.9 Å². The number of fused-ring (bicyclic) bond motifs is 4. The van der Waals surface area contributed by atoms with E-state index in [1.807, 2.05) is 0 Å². The fraction of sp³-hybridized carbons (Fsp3) is 0.314. The minimum absolute atomic E-state index is 0.00989. The zero-order chi connectivity index (χ0) is 41.8. The molecule has 21 nitrogen and oxygen atoms in total. The summed E-state index contributed by atoms with van der Waals surface area (Å²) in [6, 6.07) is 16.6. The third-order valence-electron chi connectivity index (χ3n) is 9.82. The van der Waals surface area contributed by atoms with Crippen molar-refractivity contribution in [2.24, 2.45) is 0 Å². The summed E-state index contributed by atoms with van der Waals surface area (Å²) in [5, 5.41) is 5.29. The van der Waals surface area contributed by atoms with Gasteiger partial charge in [0.05, 0.1) is 19.3 Å². The maximum atomic E-state index is 16.5. The van der Waals surface area contributed by atoms with Crippen LogP contribution in [0.25, 0.3) is 22.3 Å². The van der Waals surface area contributed by atoms with E-state index < -0.39 is 92.1 Å². The fourth-order valence-electron chi connectivity index (χ4n) is 7.00. The summed E-state index contributed by atoms with van der Waals surface area (Å²) in [4.78, 5) is 50.7. The molecule has 6 aromatic rings. The van der Waals surface area contributed by atoms with E-state index in [4.69, 9.17) is 22.7 Å². The average molecular weight is 868 g/mol. The van der Waals surface area contributed by atoms with Crippen LogP contribution in [0, 0.1) is 0 Å². The van der Waals surface area contributed by atoms with E-state index in [0.29, 0.717) is 11.1 Å². The largest absolute Gasteiger partial charge is 0.347 e. The van der Waals surface area contributed by atoms with E-state index in [1.54, 1.807) is 60.7 Å². The highest BCUT2D eigenvalue weighted by molar-refractivity contribution is 7.84. The first-order valence-corrected chi connectivity index (χ1v) is 21.5. The summed E-state index contributed by atoms with van der Waals surface area (Å²) >= 11 is 0. The number of alkyl halides is 2. The number of amides is 2. The van der Waals surface area contributed by atoms with E-state index in [0.717, 1.165) is 30.2 Å². The van der Waals surface area contributed by atoms with Crippen LogP contribution in [0.15, 0.2) is 86.0 Å². The molecule has 0 bridgehead atoms. The first-order chi connectivity index (χ1) is 28.9. The molecule has 2 aromatic carbocycles. The number of imidazole rings is 2. The van der Waals surface area contributed by atoms with Crippen molar-refractivity contribution >= 4 is 63.7 Å². The molecule has 0 aliphatic carbocycles. The van der Waals surface area contributed by atoms with Crippen molar-refractivity contribution in [2.45, 2.75) is 49.2 Å². The Morgan fingerprint density at radius 2 is 1.25 bits per heavy atom. The average Bonchev–Trinajstić information content (AvgIpc) is 4.01. The molecule has 3 fully saturated rings. The van der Waals surface area contributed by atoms with Gasteiger partial charge in [-0.3, -0.25) is 27.8 Å². The molecule has 3 aliphatic heterocycles. The Bertz CT molecular complexity index is 2750. The lowest BCUT2D eigenvalue weighted by Crippen LogP contribution is -2.45. The summed E-state index contributed by atoms with van der Waals surface area (Å²) in [7, 11) is -9.09. The minimum Gasteiger partial charge on any atom is -0.347 e. The predicted octanol–water partition coefficient (Wildman–Crippen LogP) is 3.10.